The van der Waals surface area contributed by atoms with Gasteiger partial charge in [0.2, 0.25) is 11.8 Å². The van der Waals surface area contributed by atoms with E-state index in [1.807, 2.05) is 45.0 Å². The van der Waals surface area contributed by atoms with Gasteiger partial charge in [-0.3, -0.25) is 14.5 Å². The van der Waals surface area contributed by atoms with E-state index in [-0.39, 0.29) is 5.91 Å². The first-order valence-corrected chi connectivity index (χ1v) is 15.5. The van der Waals surface area contributed by atoms with Crippen LogP contribution in [0.3, 0.4) is 0 Å². The van der Waals surface area contributed by atoms with Crippen molar-refractivity contribution < 1.29 is 39.1 Å². The Labute approximate surface area is 260 Å². The fourth-order valence-electron chi connectivity index (χ4n) is 5.63. The zero-order valence-corrected chi connectivity index (χ0v) is 26.8. The number of rotatable bonds is 7. The highest BCUT2D eigenvalue weighted by Gasteiger charge is 2.43. The van der Waals surface area contributed by atoms with Gasteiger partial charge in [-0.05, 0) is 62.5 Å². The number of alkyl carbamates (subject to hydrolysis) is 1. The molecule has 13 heteroatoms. The molecule has 1 aromatic rings. The van der Waals surface area contributed by atoms with E-state index < -0.39 is 54.3 Å². The van der Waals surface area contributed by atoms with E-state index in [4.69, 9.17) is 9.84 Å². The van der Waals surface area contributed by atoms with E-state index in [0.29, 0.717) is 44.8 Å². The normalized spacial score (nSPS) is 19.5. The molecule has 0 aromatic heterocycles. The van der Waals surface area contributed by atoms with Gasteiger partial charge in [0, 0.05) is 19.6 Å². The zero-order chi connectivity index (χ0) is 32.8. The second-order valence-electron chi connectivity index (χ2n) is 14.1. The van der Waals surface area contributed by atoms with Crippen molar-refractivity contribution in [3.63, 3.8) is 0 Å². The van der Waals surface area contributed by atoms with Crippen LogP contribution in [-0.4, -0.2) is 86.2 Å². The summed E-state index contributed by atoms with van der Waals surface area (Å²) in [6.07, 6.45) is 3.29. The molecular weight excluding hydrogens is 567 g/mol. The van der Waals surface area contributed by atoms with Gasteiger partial charge in [-0.25, -0.2) is 9.59 Å². The van der Waals surface area contributed by atoms with E-state index in [9.17, 15) is 29.2 Å². The number of fused-ring (bicyclic) bond motifs is 1. The third-order valence-corrected chi connectivity index (χ3v) is 8.22. The summed E-state index contributed by atoms with van der Waals surface area (Å²) in [5.41, 5.74) is 0.942. The highest BCUT2D eigenvalue weighted by atomic mass is 16.6. The fourth-order valence-corrected chi connectivity index (χ4v) is 5.63. The summed E-state index contributed by atoms with van der Waals surface area (Å²) in [4.78, 5) is 52.3. The number of likely N-dealkylation sites (tertiary alicyclic amines) is 1. The van der Waals surface area contributed by atoms with Gasteiger partial charge in [-0.1, -0.05) is 64.3 Å². The lowest BCUT2D eigenvalue weighted by molar-refractivity contribution is -0.142. The molecule has 3 unspecified atom stereocenters. The topological polar surface area (TPSA) is 169 Å². The Morgan fingerprint density at radius 3 is 2.00 bits per heavy atom. The summed E-state index contributed by atoms with van der Waals surface area (Å²) in [6.45, 7) is 12.2. The molecule has 1 aromatic carbocycles. The number of hydrogen-bond acceptors (Lipinski definition) is 7. The third kappa shape index (κ3) is 9.85. The summed E-state index contributed by atoms with van der Waals surface area (Å²) in [5, 5.41) is 33.6. The van der Waals surface area contributed by atoms with E-state index in [1.54, 1.807) is 20.8 Å². The molecular formula is C31H49BN4O8. The number of carbonyl (C=O) groups is 4. The Hall–Kier alpha value is -3.32. The minimum absolute atomic E-state index is 0.346. The molecule has 2 fully saturated rings. The summed E-state index contributed by atoms with van der Waals surface area (Å²) in [6, 6.07) is 6.22. The average molecular weight is 617 g/mol. The Bertz CT molecular complexity index is 1150. The minimum atomic E-state index is -1.65. The molecule has 0 bridgehead atoms. The van der Waals surface area contributed by atoms with Crippen LogP contribution in [-0.2, 0) is 27.4 Å². The lowest BCUT2D eigenvalue weighted by Crippen LogP contribution is -2.59. The van der Waals surface area contributed by atoms with Crippen molar-refractivity contribution in [1.29, 1.82) is 0 Å². The van der Waals surface area contributed by atoms with E-state index in [1.165, 1.54) is 9.80 Å². The molecule has 12 nitrogen and oxygen atoms in total. The van der Waals surface area contributed by atoms with Crippen molar-refractivity contribution in [3.05, 3.63) is 35.4 Å². The zero-order valence-electron chi connectivity index (χ0n) is 26.8. The molecule has 0 spiro atoms. The molecule has 0 radical (unpaired) electrons. The molecule has 2 aliphatic heterocycles. The number of amides is 4. The molecule has 4 rings (SSSR count). The predicted octanol–water partition coefficient (Wildman–Crippen LogP) is 3.28. The van der Waals surface area contributed by atoms with Gasteiger partial charge < -0.3 is 35.4 Å². The van der Waals surface area contributed by atoms with Crippen LogP contribution < -0.4 is 10.6 Å². The Morgan fingerprint density at radius 2 is 1.55 bits per heavy atom. The maximum absolute atomic E-state index is 13.4. The molecule has 3 atom stereocenters. The van der Waals surface area contributed by atoms with Crippen LogP contribution in [0.1, 0.15) is 91.2 Å². The van der Waals surface area contributed by atoms with Gasteiger partial charge in [0.25, 0.3) is 0 Å². The van der Waals surface area contributed by atoms with Crippen molar-refractivity contribution >= 4 is 31.1 Å². The number of ether oxygens (including phenoxy) is 1. The second kappa shape index (κ2) is 14.6. The molecule has 2 heterocycles. The lowest BCUT2D eigenvalue weighted by Gasteiger charge is -2.36. The second-order valence-corrected chi connectivity index (χ2v) is 14.1. The molecule has 44 heavy (non-hydrogen) atoms. The minimum Gasteiger partial charge on any atom is -0.465 e. The number of carboxylic acid groups (broad SMARTS) is 1. The van der Waals surface area contributed by atoms with Crippen molar-refractivity contribution in [2.45, 2.75) is 117 Å². The molecule has 1 aliphatic carbocycles. The van der Waals surface area contributed by atoms with Gasteiger partial charge in [-0.15, -0.1) is 0 Å². The average Bonchev–Trinajstić information content (AvgIpc) is 3.54. The van der Waals surface area contributed by atoms with Crippen molar-refractivity contribution in [3.8, 4) is 0 Å². The Kier molecular flexibility index (Phi) is 11.7. The predicted molar refractivity (Wildman–Crippen MR) is 165 cm³/mol. The maximum Gasteiger partial charge on any atom is 0.475 e. The first kappa shape index (κ1) is 35.2. The van der Waals surface area contributed by atoms with Gasteiger partial charge in [-0.2, -0.15) is 0 Å². The van der Waals surface area contributed by atoms with Crippen LogP contribution in [0.5, 0.6) is 0 Å². The van der Waals surface area contributed by atoms with Gasteiger partial charge in [0.1, 0.15) is 17.7 Å². The van der Waals surface area contributed by atoms with E-state index >= 15 is 0 Å². The standard InChI is InChI=1S/C22H40BN3O6.C9H9NO2/c1-21(2,3)17(25-20(29)32-22(4,5)6)19(28)26-12-8-11-15(26)18(27)24-16(23(30)31)13-14-9-7-10-14;11-9(12)10-5-7-3-1-2-4-8(7)6-10/h14-17,30-31H,7-13H2,1-6H3,(H,24,27)(H,25,29);1-4H,5-6H2,(H,11,12). The van der Waals surface area contributed by atoms with Crippen LogP contribution in [0.25, 0.3) is 0 Å². The van der Waals surface area contributed by atoms with E-state index in [0.717, 1.165) is 30.4 Å². The number of carbonyl (C=O) groups excluding carboxylic acids is 3. The molecule has 3 aliphatic rings. The molecule has 5 N–H and O–H groups in total. The first-order valence-electron chi connectivity index (χ1n) is 15.5. The molecule has 4 amide bonds. The largest absolute Gasteiger partial charge is 0.475 e. The highest BCUT2D eigenvalue weighted by molar-refractivity contribution is 6.43. The quantitative estimate of drug-likeness (QED) is 0.291. The summed E-state index contributed by atoms with van der Waals surface area (Å²) < 4.78 is 5.33. The van der Waals surface area contributed by atoms with Crippen LogP contribution in [0.15, 0.2) is 24.3 Å². The smallest absolute Gasteiger partial charge is 0.465 e. The summed E-state index contributed by atoms with van der Waals surface area (Å²) in [7, 11) is -1.65. The van der Waals surface area contributed by atoms with E-state index in [2.05, 4.69) is 10.6 Å². The van der Waals surface area contributed by atoms with Crippen molar-refractivity contribution in [2.24, 2.45) is 11.3 Å². The number of nitrogens with one attached hydrogen (secondary N) is 2. The molecule has 1 saturated heterocycles. The van der Waals surface area contributed by atoms with Gasteiger partial charge >= 0.3 is 19.3 Å². The third-order valence-electron chi connectivity index (χ3n) is 8.22. The SMILES string of the molecule is CC(C)(C)OC(=O)NC(C(=O)N1CCCC1C(=O)NC(CC1CCC1)B(O)O)C(C)(C)C.O=C(O)N1Cc2ccccc2C1. The Balaban J connectivity index is 0.000000363. The highest BCUT2D eigenvalue weighted by Crippen LogP contribution is 2.31. The van der Waals surface area contributed by atoms with Gasteiger partial charge in [0.15, 0.2) is 0 Å². The number of hydrogen-bond donors (Lipinski definition) is 5. The Morgan fingerprint density at radius 1 is 0.955 bits per heavy atom. The monoisotopic (exact) mass is 616 g/mol. The first-order chi connectivity index (χ1) is 20.5. The van der Waals surface area contributed by atoms with Crippen molar-refractivity contribution in [1.82, 2.24) is 20.4 Å². The van der Waals surface area contributed by atoms with Crippen LogP contribution in [0.2, 0.25) is 0 Å². The maximum atomic E-state index is 13.4. The van der Waals surface area contributed by atoms with Crippen LogP contribution >= 0.6 is 0 Å². The van der Waals surface area contributed by atoms with Crippen LogP contribution in [0, 0.1) is 11.3 Å². The van der Waals surface area contributed by atoms with Crippen molar-refractivity contribution in [2.75, 3.05) is 6.54 Å². The summed E-state index contributed by atoms with van der Waals surface area (Å²) in [5.74, 6) is -1.12. The molecule has 244 valence electrons. The van der Waals surface area contributed by atoms with Crippen LogP contribution in [0.4, 0.5) is 9.59 Å². The number of nitrogens with zero attached hydrogens (tertiary/aromatic N) is 2. The molecule has 1 saturated carbocycles. The number of benzene rings is 1. The fraction of sp³-hybridized carbons (Fsp3) is 0.677. The van der Waals surface area contributed by atoms with Gasteiger partial charge in [0.05, 0.1) is 5.94 Å². The lowest BCUT2D eigenvalue weighted by atomic mass is 9.69. The summed E-state index contributed by atoms with van der Waals surface area (Å²) >= 11 is 0.